The lowest BCUT2D eigenvalue weighted by molar-refractivity contribution is -0.139. The summed E-state index contributed by atoms with van der Waals surface area (Å²) in [7, 11) is 0. The van der Waals surface area contributed by atoms with Gasteiger partial charge in [0.05, 0.1) is 18.5 Å². The second-order valence-corrected chi connectivity index (χ2v) is 10.1. The lowest BCUT2D eigenvalue weighted by Crippen LogP contribution is -2.68. The summed E-state index contributed by atoms with van der Waals surface area (Å²) < 4.78 is 6.94. The third-order valence-electron chi connectivity index (χ3n) is 4.58. The smallest absolute Gasteiger partial charge is 0.305 e. The summed E-state index contributed by atoms with van der Waals surface area (Å²) in [5, 5.41) is 14.5. The molecule has 0 aromatic heterocycles. The third-order valence-corrected chi connectivity index (χ3v) is 6.10. The van der Waals surface area contributed by atoms with E-state index in [-0.39, 0.29) is 21.4 Å². The van der Waals surface area contributed by atoms with E-state index in [9.17, 15) is 14.4 Å². The molecule has 0 bridgehead atoms. The maximum atomic E-state index is 13.1. The minimum Gasteiger partial charge on any atom is -0.481 e. The molecule has 2 amide bonds. The molecule has 1 unspecified atom stereocenters. The van der Waals surface area contributed by atoms with Crippen LogP contribution >= 0.6 is 11.8 Å². The van der Waals surface area contributed by atoms with E-state index in [4.69, 9.17) is 6.52 Å². The van der Waals surface area contributed by atoms with Crippen molar-refractivity contribution in [3.05, 3.63) is 35.9 Å². The predicted molar refractivity (Wildman–Crippen MR) is 105 cm³/mol. The molecule has 7 nitrogen and oxygen atoms in total. The lowest BCUT2D eigenvalue weighted by Gasteiger charge is -2.57. The number of amides is 2. The first-order chi connectivity index (χ1) is 13.0. The molecule has 0 spiro atoms. The number of nitrogens with two attached hydrogens (primary N) is 1. The van der Waals surface area contributed by atoms with Crippen LogP contribution in [-0.4, -0.2) is 44.5 Å². The predicted octanol–water partition coefficient (Wildman–Crippen LogP) is 1.43. The SMILES string of the molecule is [2H]N[C@@H](CC(=O)O)C(=O)NC(C(=O)NC1C(C)(C)SC1(C)C)c1ccccc1. The van der Waals surface area contributed by atoms with Crippen LogP contribution in [0.4, 0.5) is 0 Å². The second kappa shape index (κ2) is 7.90. The summed E-state index contributed by atoms with van der Waals surface area (Å²) in [5.41, 5.74) is 2.52. The minimum absolute atomic E-state index is 0.0928. The van der Waals surface area contributed by atoms with E-state index in [0.29, 0.717) is 5.56 Å². The van der Waals surface area contributed by atoms with Gasteiger partial charge in [0.2, 0.25) is 11.8 Å². The van der Waals surface area contributed by atoms with E-state index >= 15 is 0 Å². The van der Waals surface area contributed by atoms with Crippen molar-refractivity contribution < 1.29 is 20.9 Å². The zero-order valence-electron chi connectivity index (χ0n) is 16.9. The molecule has 2 rings (SSSR count). The molecule has 1 aromatic rings. The number of hydrogen-bond donors (Lipinski definition) is 4. The molecule has 1 fully saturated rings. The number of carbonyl (C=O) groups excluding carboxylic acids is 2. The molecule has 0 saturated carbocycles. The van der Waals surface area contributed by atoms with Crippen molar-refractivity contribution in [2.24, 2.45) is 5.73 Å². The summed E-state index contributed by atoms with van der Waals surface area (Å²) in [4.78, 5) is 36.5. The van der Waals surface area contributed by atoms with Crippen LogP contribution in [0.25, 0.3) is 0 Å². The van der Waals surface area contributed by atoms with Gasteiger partial charge in [-0.05, 0) is 33.3 Å². The fourth-order valence-corrected chi connectivity index (χ4v) is 5.72. The maximum Gasteiger partial charge on any atom is 0.305 e. The molecule has 8 heteroatoms. The number of thioether (sulfide) groups is 1. The van der Waals surface area contributed by atoms with Crippen LogP contribution < -0.4 is 16.4 Å². The fourth-order valence-electron chi connectivity index (χ4n) is 3.60. The highest BCUT2D eigenvalue weighted by Gasteiger charge is 2.55. The van der Waals surface area contributed by atoms with Crippen molar-refractivity contribution in [2.75, 3.05) is 0 Å². The van der Waals surface area contributed by atoms with Gasteiger partial charge in [0, 0.05) is 9.49 Å². The van der Waals surface area contributed by atoms with Gasteiger partial charge in [-0.2, -0.15) is 0 Å². The van der Waals surface area contributed by atoms with E-state index in [2.05, 4.69) is 38.3 Å². The first-order valence-electron chi connectivity index (χ1n) is 9.23. The first kappa shape index (κ1) is 19.7. The Labute approximate surface area is 164 Å². The molecule has 1 aromatic carbocycles. The summed E-state index contributed by atoms with van der Waals surface area (Å²) in [6.45, 7) is 8.21. The number of carboxylic acid groups (broad SMARTS) is 1. The average molecular weight is 395 g/mol. The minimum atomic E-state index is -1.26. The van der Waals surface area contributed by atoms with Gasteiger partial charge in [-0.1, -0.05) is 30.3 Å². The van der Waals surface area contributed by atoms with Crippen LogP contribution in [0.2, 0.25) is 1.41 Å². The molecule has 27 heavy (non-hydrogen) atoms. The summed E-state index contributed by atoms with van der Waals surface area (Å²) in [6, 6.07) is 6.41. The quantitative estimate of drug-likeness (QED) is 0.529. The van der Waals surface area contributed by atoms with Crippen molar-refractivity contribution >= 4 is 29.5 Å². The number of aliphatic carboxylic acids is 1. The monoisotopic (exact) mass is 394 g/mol. The second-order valence-electron chi connectivity index (χ2n) is 7.75. The number of carboxylic acids is 1. The van der Waals surface area contributed by atoms with Gasteiger partial charge in [-0.3, -0.25) is 14.4 Å². The van der Waals surface area contributed by atoms with Crippen molar-refractivity contribution in [1.82, 2.24) is 10.6 Å². The maximum absolute atomic E-state index is 13.1. The van der Waals surface area contributed by atoms with Gasteiger partial charge in [0.15, 0.2) is 0 Å². The Morgan fingerprint density at radius 3 is 2.26 bits per heavy atom. The Morgan fingerprint density at radius 2 is 1.78 bits per heavy atom. The van der Waals surface area contributed by atoms with E-state index in [1.54, 1.807) is 42.1 Å². The van der Waals surface area contributed by atoms with Gasteiger partial charge >= 0.3 is 5.97 Å². The lowest BCUT2D eigenvalue weighted by atomic mass is 9.88. The Kier molecular flexibility index (Phi) is 5.76. The van der Waals surface area contributed by atoms with Crippen LogP contribution in [0.5, 0.6) is 0 Å². The number of benzene rings is 1. The zero-order valence-corrected chi connectivity index (χ0v) is 16.7. The Morgan fingerprint density at radius 1 is 1.19 bits per heavy atom. The number of carbonyl (C=O) groups is 3. The molecule has 1 aliphatic heterocycles. The summed E-state index contributed by atoms with van der Waals surface area (Å²) in [6.07, 6.45) is -0.558. The van der Waals surface area contributed by atoms with E-state index in [1.807, 2.05) is 5.73 Å². The standard InChI is InChI=1S/C19H27N3O4S/c1-18(2)17(19(3,4)27-18)22-16(26)14(11-8-6-5-7-9-11)21-15(25)12(20)10-13(23)24/h5-9,12,14,17H,10,20H2,1-4H3,(H,21,25)(H,22,26)(H,23,24)/t12-,14?/m0/s1/i/hD. The van der Waals surface area contributed by atoms with Crippen LogP contribution in [0.3, 0.4) is 0 Å². The topological polar surface area (TPSA) is 122 Å². The largest absolute Gasteiger partial charge is 0.481 e. The molecule has 148 valence electrons. The molecule has 5 N–H and O–H groups in total. The Balaban J connectivity index is 2.22. The summed E-state index contributed by atoms with van der Waals surface area (Å²) in [5.74, 6) is -2.30. The average Bonchev–Trinajstić information content (AvgIpc) is 2.61. The van der Waals surface area contributed by atoms with Crippen molar-refractivity contribution in [3.8, 4) is 0 Å². The molecule has 1 saturated heterocycles. The highest BCUT2D eigenvalue weighted by Crippen LogP contribution is 2.54. The van der Waals surface area contributed by atoms with Crippen molar-refractivity contribution in [3.63, 3.8) is 0 Å². The molecular weight excluding hydrogens is 366 g/mol. The first-order valence-corrected chi connectivity index (χ1v) is 9.54. The van der Waals surface area contributed by atoms with Gasteiger partial charge in [-0.25, -0.2) is 0 Å². The molecule has 0 radical (unpaired) electrons. The van der Waals surface area contributed by atoms with E-state index in [1.165, 1.54) is 0 Å². The third kappa shape index (κ3) is 5.01. The molecule has 1 heterocycles. The number of hydrogen-bond acceptors (Lipinski definition) is 5. The summed E-state index contributed by atoms with van der Waals surface area (Å²) >= 11 is 1.77. The highest BCUT2D eigenvalue weighted by atomic mass is 32.2. The normalized spacial score (nSPS) is 20.5. The molecular formula is C19H27N3O4S. The van der Waals surface area contributed by atoms with Gasteiger partial charge in [0.1, 0.15) is 7.45 Å². The zero-order chi connectivity index (χ0) is 21.1. The number of rotatable bonds is 8. The number of nitrogens with one attached hydrogen (secondary N) is 2. The molecule has 0 aliphatic carbocycles. The Bertz CT molecular complexity index is 728. The van der Waals surface area contributed by atoms with Crippen LogP contribution in [0.15, 0.2) is 30.3 Å². The van der Waals surface area contributed by atoms with Crippen LogP contribution in [0.1, 0.15) is 45.7 Å². The molecule has 1 aliphatic rings. The van der Waals surface area contributed by atoms with E-state index in [0.717, 1.165) is 0 Å². The van der Waals surface area contributed by atoms with Gasteiger partial charge in [-0.15, -0.1) is 11.8 Å². The highest BCUT2D eigenvalue weighted by molar-refractivity contribution is 8.03. The van der Waals surface area contributed by atoms with Crippen molar-refractivity contribution in [1.29, 1.82) is 0 Å². The van der Waals surface area contributed by atoms with Crippen molar-refractivity contribution in [2.45, 2.75) is 61.7 Å². The fraction of sp³-hybridized carbons (Fsp3) is 0.526. The van der Waals surface area contributed by atoms with Gasteiger partial charge < -0.3 is 21.5 Å². The van der Waals surface area contributed by atoms with Crippen LogP contribution in [0, 0.1) is 0 Å². The molecule has 2 atom stereocenters. The van der Waals surface area contributed by atoms with Gasteiger partial charge in [0.25, 0.3) is 0 Å². The Hall–Kier alpha value is -2.06. The van der Waals surface area contributed by atoms with Crippen LogP contribution in [-0.2, 0) is 14.4 Å². The van der Waals surface area contributed by atoms with E-state index < -0.39 is 30.4 Å².